The fraction of sp³-hybridized carbons (Fsp3) is 0.125. The minimum Gasteiger partial charge on any atom is -0.461 e. The third-order valence-electron chi connectivity index (χ3n) is 1.74. The molecule has 6 heteroatoms. The standard InChI is InChI=1S/C8H9N5O/c1-4-2-3-14-5(4)6-11-7(9)13-8(10)12-6/h2-3H,1H3,(H4,9,10,11,12,13). The lowest BCUT2D eigenvalue weighted by Gasteiger charge is -1.99. The Balaban J connectivity index is 2.57. The minimum atomic E-state index is 0.0864. The highest BCUT2D eigenvalue weighted by molar-refractivity contribution is 5.54. The highest BCUT2D eigenvalue weighted by atomic mass is 16.3. The van der Waals surface area contributed by atoms with E-state index in [2.05, 4.69) is 15.0 Å². The number of nitrogen functional groups attached to an aromatic ring is 2. The largest absolute Gasteiger partial charge is 0.461 e. The van der Waals surface area contributed by atoms with Crippen LogP contribution in [0, 0.1) is 6.92 Å². The number of aromatic nitrogens is 3. The molecule has 2 aromatic heterocycles. The maximum absolute atomic E-state index is 5.43. The second-order valence-corrected chi connectivity index (χ2v) is 2.81. The molecule has 0 aliphatic heterocycles. The van der Waals surface area contributed by atoms with Crippen molar-refractivity contribution in [2.24, 2.45) is 0 Å². The smallest absolute Gasteiger partial charge is 0.225 e. The highest BCUT2D eigenvalue weighted by Crippen LogP contribution is 2.21. The summed E-state index contributed by atoms with van der Waals surface area (Å²) in [5.74, 6) is 1.09. The van der Waals surface area contributed by atoms with Gasteiger partial charge in [0.05, 0.1) is 6.26 Å². The molecule has 0 radical (unpaired) electrons. The molecule has 2 rings (SSSR count). The Morgan fingerprint density at radius 2 is 1.79 bits per heavy atom. The number of anilines is 2. The molecule has 2 aromatic rings. The van der Waals surface area contributed by atoms with Crippen molar-refractivity contribution in [2.75, 3.05) is 11.5 Å². The fourth-order valence-corrected chi connectivity index (χ4v) is 1.11. The van der Waals surface area contributed by atoms with Gasteiger partial charge in [0.25, 0.3) is 0 Å². The average Bonchev–Trinajstić information content (AvgIpc) is 2.49. The molecule has 2 heterocycles. The summed E-state index contributed by atoms with van der Waals surface area (Å²) in [6.07, 6.45) is 1.56. The third kappa shape index (κ3) is 1.37. The zero-order valence-electron chi connectivity index (χ0n) is 7.56. The Labute approximate surface area is 80.0 Å². The van der Waals surface area contributed by atoms with Gasteiger partial charge in [0, 0.05) is 0 Å². The van der Waals surface area contributed by atoms with Gasteiger partial charge in [0.1, 0.15) is 0 Å². The Kier molecular flexibility index (Phi) is 1.81. The van der Waals surface area contributed by atoms with E-state index in [1.54, 1.807) is 6.26 Å². The van der Waals surface area contributed by atoms with Gasteiger partial charge < -0.3 is 15.9 Å². The molecule has 0 bridgehead atoms. The molecular formula is C8H9N5O. The van der Waals surface area contributed by atoms with Crippen LogP contribution in [-0.4, -0.2) is 15.0 Å². The molecule has 0 saturated heterocycles. The topological polar surface area (TPSA) is 104 Å². The van der Waals surface area contributed by atoms with E-state index >= 15 is 0 Å². The van der Waals surface area contributed by atoms with E-state index in [9.17, 15) is 0 Å². The number of aryl methyl sites for hydroxylation is 1. The second kappa shape index (κ2) is 2.99. The number of furan rings is 1. The maximum atomic E-state index is 5.43. The summed E-state index contributed by atoms with van der Waals surface area (Å²) in [6.45, 7) is 1.88. The van der Waals surface area contributed by atoms with E-state index in [-0.39, 0.29) is 11.9 Å². The van der Waals surface area contributed by atoms with Crippen LogP contribution in [0.4, 0.5) is 11.9 Å². The van der Waals surface area contributed by atoms with E-state index < -0.39 is 0 Å². The van der Waals surface area contributed by atoms with Crippen molar-refractivity contribution in [3.8, 4) is 11.6 Å². The first kappa shape index (κ1) is 8.49. The normalized spacial score (nSPS) is 10.4. The van der Waals surface area contributed by atoms with Crippen LogP contribution in [0.2, 0.25) is 0 Å². The molecule has 0 aromatic carbocycles. The quantitative estimate of drug-likeness (QED) is 0.684. The van der Waals surface area contributed by atoms with Crippen LogP contribution in [0.3, 0.4) is 0 Å². The molecule has 4 N–H and O–H groups in total. The van der Waals surface area contributed by atoms with Crippen molar-refractivity contribution < 1.29 is 4.42 Å². The van der Waals surface area contributed by atoms with E-state index in [1.807, 2.05) is 13.0 Å². The fourth-order valence-electron chi connectivity index (χ4n) is 1.11. The van der Waals surface area contributed by atoms with E-state index in [0.29, 0.717) is 11.6 Å². The SMILES string of the molecule is Cc1ccoc1-c1nc(N)nc(N)n1. The van der Waals surface area contributed by atoms with E-state index in [1.165, 1.54) is 0 Å². The number of nitrogens with two attached hydrogens (primary N) is 2. The third-order valence-corrected chi connectivity index (χ3v) is 1.74. The van der Waals surface area contributed by atoms with E-state index in [4.69, 9.17) is 15.9 Å². The maximum Gasteiger partial charge on any atom is 0.225 e. The zero-order chi connectivity index (χ0) is 10.1. The Hall–Kier alpha value is -2.11. The molecule has 6 nitrogen and oxygen atoms in total. The number of nitrogens with zero attached hydrogens (tertiary/aromatic N) is 3. The van der Waals surface area contributed by atoms with Gasteiger partial charge in [-0.15, -0.1) is 0 Å². The van der Waals surface area contributed by atoms with Gasteiger partial charge >= 0.3 is 0 Å². The highest BCUT2D eigenvalue weighted by Gasteiger charge is 2.10. The number of rotatable bonds is 1. The average molecular weight is 191 g/mol. The summed E-state index contributed by atoms with van der Waals surface area (Å²) < 4.78 is 5.20. The summed E-state index contributed by atoms with van der Waals surface area (Å²) >= 11 is 0. The van der Waals surface area contributed by atoms with Crippen LogP contribution in [0.15, 0.2) is 16.7 Å². The monoisotopic (exact) mass is 191 g/mol. The number of hydrogen-bond donors (Lipinski definition) is 2. The summed E-state index contributed by atoms with van der Waals surface area (Å²) in [4.78, 5) is 11.5. The zero-order valence-corrected chi connectivity index (χ0v) is 7.56. The molecule has 72 valence electrons. The van der Waals surface area contributed by atoms with Crippen LogP contribution in [0.5, 0.6) is 0 Å². The molecular weight excluding hydrogens is 182 g/mol. The minimum absolute atomic E-state index is 0.0864. The van der Waals surface area contributed by atoms with Gasteiger partial charge in [-0.05, 0) is 18.6 Å². The molecule has 0 fully saturated rings. The van der Waals surface area contributed by atoms with Gasteiger partial charge in [-0.2, -0.15) is 15.0 Å². The van der Waals surface area contributed by atoms with Gasteiger partial charge in [-0.3, -0.25) is 0 Å². The first-order chi connectivity index (χ1) is 6.66. The lowest BCUT2D eigenvalue weighted by molar-refractivity contribution is 0.575. The lowest BCUT2D eigenvalue weighted by Crippen LogP contribution is -2.04. The second-order valence-electron chi connectivity index (χ2n) is 2.81. The molecule has 0 atom stereocenters. The van der Waals surface area contributed by atoms with Crippen molar-refractivity contribution >= 4 is 11.9 Å². The van der Waals surface area contributed by atoms with Gasteiger partial charge in [0.15, 0.2) is 5.76 Å². The van der Waals surface area contributed by atoms with Crippen molar-refractivity contribution in [1.82, 2.24) is 15.0 Å². The predicted octanol–water partition coefficient (Wildman–Crippen LogP) is 0.604. The van der Waals surface area contributed by atoms with Crippen LogP contribution in [0.25, 0.3) is 11.6 Å². The molecule has 0 unspecified atom stereocenters. The lowest BCUT2D eigenvalue weighted by atomic mass is 10.3. The van der Waals surface area contributed by atoms with Crippen molar-refractivity contribution in [3.05, 3.63) is 17.9 Å². The molecule has 0 amide bonds. The summed E-state index contributed by atoms with van der Waals surface area (Å²) in [6, 6.07) is 1.81. The van der Waals surface area contributed by atoms with Crippen LogP contribution in [-0.2, 0) is 0 Å². The predicted molar refractivity (Wildman–Crippen MR) is 51.1 cm³/mol. The van der Waals surface area contributed by atoms with E-state index in [0.717, 1.165) is 5.56 Å². The van der Waals surface area contributed by atoms with Gasteiger partial charge in [-0.25, -0.2) is 0 Å². The van der Waals surface area contributed by atoms with Crippen molar-refractivity contribution in [2.45, 2.75) is 6.92 Å². The summed E-state index contributed by atoms with van der Waals surface area (Å²) in [5, 5.41) is 0. The van der Waals surface area contributed by atoms with Gasteiger partial charge in [0.2, 0.25) is 17.7 Å². The molecule has 0 spiro atoms. The summed E-state index contributed by atoms with van der Waals surface area (Å²) in [5.41, 5.74) is 11.8. The van der Waals surface area contributed by atoms with Crippen LogP contribution in [0.1, 0.15) is 5.56 Å². The van der Waals surface area contributed by atoms with Crippen LogP contribution < -0.4 is 11.5 Å². The first-order valence-electron chi connectivity index (χ1n) is 3.98. The molecule has 0 aliphatic rings. The number of hydrogen-bond acceptors (Lipinski definition) is 6. The molecule has 0 saturated carbocycles. The first-order valence-corrected chi connectivity index (χ1v) is 3.98. The van der Waals surface area contributed by atoms with Crippen LogP contribution >= 0.6 is 0 Å². The van der Waals surface area contributed by atoms with Crippen molar-refractivity contribution in [1.29, 1.82) is 0 Å². The van der Waals surface area contributed by atoms with Crippen molar-refractivity contribution in [3.63, 3.8) is 0 Å². The Bertz CT molecular complexity index is 444. The molecule has 14 heavy (non-hydrogen) atoms. The summed E-state index contributed by atoms with van der Waals surface area (Å²) in [7, 11) is 0. The Morgan fingerprint density at radius 1 is 1.14 bits per heavy atom. The Morgan fingerprint density at radius 3 is 2.29 bits per heavy atom. The molecule has 0 aliphatic carbocycles. The van der Waals surface area contributed by atoms with Gasteiger partial charge in [-0.1, -0.05) is 0 Å².